The lowest BCUT2D eigenvalue weighted by Crippen LogP contribution is -1.94. The van der Waals surface area contributed by atoms with Gasteiger partial charge in [-0.1, -0.05) is 18.2 Å². The van der Waals surface area contributed by atoms with E-state index in [1.165, 1.54) is 0 Å². The molecule has 4 aromatic rings. The van der Waals surface area contributed by atoms with Gasteiger partial charge in [-0.15, -0.1) is 10.2 Å². The fraction of sp³-hybridized carbons (Fsp3) is 0. The third-order valence-electron chi connectivity index (χ3n) is 3.44. The van der Waals surface area contributed by atoms with E-state index in [0.717, 1.165) is 28.2 Å². The van der Waals surface area contributed by atoms with Crippen molar-refractivity contribution in [3.63, 3.8) is 0 Å². The highest BCUT2D eigenvalue weighted by atomic mass is 15.2. The smallest absolute Gasteiger partial charge is 0.139 e. The third kappa shape index (κ3) is 2.26. The zero-order valence-corrected chi connectivity index (χ0v) is 11.6. The molecular formula is C16H12N6. The number of nitrogens with one attached hydrogen (secondary N) is 1. The molecule has 3 heterocycles. The highest BCUT2D eigenvalue weighted by molar-refractivity contribution is 5.71. The van der Waals surface area contributed by atoms with Crippen LogP contribution in [0.1, 0.15) is 0 Å². The maximum atomic E-state index is 4.45. The Balaban J connectivity index is 1.69. The minimum absolute atomic E-state index is 0.790. The topological polar surface area (TPSA) is 72.3 Å². The Labute approximate surface area is 126 Å². The molecule has 6 heteroatoms. The minimum atomic E-state index is 0.790. The predicted molar refractivity (Wildman–Crippen MR) is 82.2 cm³/mol. The summed E-state index contributed by atoms with van der Waals surface area (Å²) in [6.07, 6.45) is 6.85. The lowest BCUT2D eigenvalue weighted by molar-refractivity contribution is 0.992. The van der Waals surface area contributed by atoms with E-state index < -0.39 is 0 Å². The molecule has 0 aliphatic carbocycles. The molecular weight excluding hydrogens is 276 g/mol. The number of aromatic amines is 1. The van der Waals surface area contributed by atoms with Crippen LogP contribution in [0.5, 0.6) is 0 Å². The molecule has 22 heavy (non-hydrogen) atoms. The van der Waals surface area contributed by atoms with Gasteiger partial charge in [-0.25, -0.2) is 4.98 Å². The van der Waals surface area contributed by atoms with Gasteiger partial charge in [0.25, 0.3) is 0 Å². The molecule has 0 amide bonds. The molecule has 0 unspecified atom stereocenters. The van der Waals surface area contributed by atoms with Crippen molar-refractivity contribution in [2.24, 2.45) is 0 Å². The maximum Gasteiger partial charge on any atom is 0.139 e. The Kier molecular flexibility index (Phi) is 2.97. The van der Waals surface area contributed by atoms with E-state index in [1.54, 1.807) is 23.4 Å². The SMILES string of the molecule is c1cc(-c2ccc(-n3cnnc3)nc2)cc(-c2ccn[nH]2)c1. The summed E-state index contributed by atoms with van der Waals surface area (Å²) in [5.74, 6) is 0.790. The Morgan fingerprint density at radius 1 is 0.864 bits per heavy atom. The summed E-state index contributed by atoms with van der Waals surface area (Å²) in [5, 5.41) is 14.5. The van der Waals surface area contributed by atoms with E-state index in [4.69, 9.17) is 0 Å². The van der Waals surface area contributed by atoms with Crippen LogP contribution in [0.4, 0.5) is 0 Å². The number of aromatic nitrogens is 6. The van der Waals surface area contributed by atoms with Crippen LogP contribution < -0.4 is 0 Å². The average molecular weight is 288 g/mol. The summed E-state index contributed by atoms with van der Waals surface area (Å²) in [7, 11) is 0. The average Bonchev–Trinajstić information content (AvgIpc) is 3.29. The van der Waals surface area contributed by atoms with Crippen molar-refractivity contribution in [3.8, 4) is 28.2 Å². The number of benzene rings is 1. The highest BCUT2D eigenvalue weighted by Crippen LogP contribution is 2.25. The van der Waals surface area contributed by atoms with Gasteiger partial charge in [0.05, 0.1) is 5.69 Å². The van der Waals surface area contributed by atoms with Gasteiger partial charge in [0, 0.05) is 23.5 Å². The molecule has 6 nitrogen and oxygen atoms in total. The first kappa shape index (κ1) is 12.5. The van der Waals surface area contributed by atoms with Crippen LogP contribution in [-0.2, 0) is 0 Å². The van der Waals surface area contributed by atoms with Crippen molar-refractivity contribution >= 4 is 0 Å². The van der Waals surface area contributed by atoms with E-state index in [9.17, 15) is 0 Å². The second-order valence-electron chi connectivity index (χ2n) is 4.83. The van der Waals surface area contributed by atoms with Gasteiger partial charge in [-0.05, 0) is 29.8 Å². The van der Waals surface area contributed by atoms with Crippen LogP contribution in [0.2, 0.25) is 0 Å². The standard InChI is InChI=1S/C16H12N6/c1-2-12(8-13(3-1)15-6-7-18-21-15)14-4-5-16(17-9-14)22-10-19-20-11-22/h1-11H,(H,18,21). The Morgan fingerprint density at radius 2 is 1.73 bits per heavy atom. The molecule has 3 aromatic heterocycles. The molecule has 0 bridgehead atoms. The van der Waals surface area contributed by atoms with E-state index in [0.29, 0.717) is 0 Å². The van der Waals surface area contributed by atoms with Gasteiger partial charge in [-0.3, -0.25) is 9.67 Å². The number of hydrogen-bond acceptors (Lipinski definition) is 4. The lowest BCUT2D eigenvalue weighted by atomic mass is 10.0. The van der Waals surface area contributed by atoms with E-state index in [-0.39, 0.29) is 0 Å². The molecule has 0 aliphatic heterocycles. The van der Waals surface area contributed by atoms with Crippen LogP contribution in [-0.4, -0.2) is 29.9 Å². The first-order valence-corrected chi connectivity index (χ1v) is 6.81. The van der Waals surface area contributed by atoms with Gasteiger partial charge in [0.2, 0.25) is 0 Å². The van der Waals surface area contributed by atoms with Crippen LogP contribution in [0.25, 0.3) is 28.2 Å². The first-order valence-electron chi connectivity index (χ1n) is 6.81. The van der Waals surface area contributed by atoms with Crippen molar-refractivity contribution in [3.05, 3.63) is 67.5 Å². The number of hydrogen-bond donors (Lipinski definition) is 1. The van der Waals surface area contributed by atoms with Crippen molar-refractivity contribution in [1.29, 1.82) is 0 Å². The molecule has 1 N–H and O–H groups in total. The molecule has 0 fully saturated rings. The second kappa shape index (κ2) is 5.25. The number of nitrogens with zero attached hydrogens (tertiary/aromatic N) is 5. The van der Waals surface area contributed by atoms with Crippen LogP contribution >= 0.6 is 0 Å². The zero-order chi connectivity index (χ0) is 14.8. The van der Waals surface area contributed by atoms with Crippen LogP contribution in [0.15, 0.2) is 67.5 Å². The quantitative estimate of drug-likeness (QED) is 0.629. The van der Waals surface area contributed by atoms with Crippen molar-refractivity contribution in [2.75, 3.05) is 0 Å². The molecule has 1 aromatic carbocycles. The van der Waals surface area contributed by atoms with Gasteiger partial charge < -0.3 is 0 Å². The molecule has 0 aliphatic rings. The van der Waals surface area contributed by atoms with Gasteiger partial charge in [-0.2, -0.15) is 5.10 Å². The van der Waals surface area contributed by atoms with Crippen LogP contribution in [0.3, 0.4) is 0 Å². The molecule has 0 saturated heterocycles. The summed E-state index contributed by atoms with van der Waals surface area (Å²) in [6.45, 7) is 0. The Hall–Kier alpha value is -3.28. The predicted octanol–water partition coefficient (Wildman–Crippen LogP) is 2.72. The summed E-state index contributed by atoms with van der Waals surface area (Å²) in [6, 6.07) is 14.2. The molecule has 0 radical (unpaired) electrons. The second-order valence-corrected chi connectivity index (χ2v) is 4.83. The zero-order valence-electron chi connectivity index (χ0n) is 11.6. The number of pyridine rings is 1. The van der Waals surface area contributed by atoms with Crippen molar-refractivity contribution < 1.29 is 0 Å². The lowest BCUT2D eigenvalue weighted by Gasteiger charge is -2.05. The maximum absolute atomic E-state index is 4.45. The van der Waals surface area contributed by atoms with Gasteiger partial charge in [0.15, 0.2) is 0 Å². The highest BCUT2D eigenvalue weighted by Gasteiger charge is 2.04. The van der Waals surface area contributed by atoms with Crippen molar-refractivity contribution in [2.45, 2.75) is 0 Å². The number of H-pyrrole nitrogens is 1. The van der Waals surface area contributed by atoms with Crippen molar-refractivity contribution in [1.82, 2.24) is 29.9 Å². The first-order chi connectivity index (χ1) is 10.9. The van der Waals surface area contributed by atoms with E-state index >= 15 is 0 Å². The molecule has 0 atom stereocenters. The summed E-state index contributed by atoms with van der Waals surface area (Å²) >= 11 is 0. The Bertz CT molecular complexity index is 863. The fourth-order valence-corrected chi connectivity index (χ4v) is 2.31. The summed E-state index contributed by atoms with van der Waals surface area (Å²) in [4.78, 5) is 4.45. The van der Waals surface area contributed by atoms with E-state index in [1.807, 2.05) is 30.5 Å². The van der Waals surface area contributed by atoms with Crippen LogP contribution in [0, 0.1) is 0 Å². The molecule has 106 valence electrons. The van der Waals surface area contributed by atoms with Gasteiger partial charge >= 0.3 is 0 Å². The minimum Gasteiger partial charge on any atom is -0.278 e. The summed E-state index contributed by atoms with van der Waals surface area (Å²) < 4.78 is 1.77. The Morgan fingerprint density at radius 3 is 2.45 bits per heavy atom. The molecule has 0 spiro atoms. The molecule has 0 saturated carbocycles. The normalized spacial score (nSPS) is 10.7. The largest absolute Gasteiger partial charge is 0.278 e. The fourth-order valence-electron chi connectivity index (χ4n) is 2.31. The third-order valence-corrected chi connectivity index (χ3v) is 3.44. The summed E-state index contributed by atoms with van der Waals surface area (Å²) in [5.41, 5.74) is 4.25. The van der Waals surface area contributed by atoms with E-state index in [2.05, 4.69) is 43.6 Å². The number of rotatable bonds is 3. The van der Waals surface area contributed by atoms with Gasteiger partial charge in [0.1, 0.15) is 18.5 Å². The monoisotopic (exact) mass is 288 g/mol. The molecule has 4 rings (SSSR count).